The van der Waals surface area contributed by atoms with Gasteiger partial charge in [0, 0.05) is 10.0 Å². The summed E-state index contributed by atoms with van der Waals surface area (Å²) in [6.45, 7) is 7.37. The second kappa shape index (κ2) is 4.89. The second-order valence-corrected chi connectivity index (χ2v) is 3.69. The van der Waals surface area contributed by atoms with Gasteiger partial charge in [-0.15, -0.1) is 0 Å². The average molecular weight is 268 g/mol. The molecule has 0 radical (unpaired) electrons. The Morgan fingerprint density at radius 2 is 2.27 bits per heavy atom. The van der Waals surface area contributed by atoms with Crippen molar-refractivity contribution in [2.45, 2.75) is 0 Å². The molecule has 0 bridgehead atoms. The number of ether oxygens (including phenoxy) is 1. The monoisotopic (exact) mass is 267 g/mol. The molecule has 0 N–H and O–H groups in total. The second-order valence-electron chi connectivity index (χ2n) is 2.73. The SMILES string of the molecule is C=Cc1ccc(C(=O)OC)nc1C(=C)Br. The Labute approximate surface area is 96.6 Å². The lowest BCUT2D eigenvalue weighted by Crippen LogP contribution is -2.06. The number of nitrogens with zero attached hydrogens (tertiary/aromatic N) is 1. The summed E-state index contributed by atoms with van der Waals surface area (Å²) in [6, 6.07) is 3.33. The maximum atomic E-state index is 11.2. The van der Waals surface area contributed by atoms with E-state index in [1.807, 2.05) is 0 Å². The van der Waals surface area contributed by atoms with Crippen LogP contribution < -0.4 is 0 Å². The van der Waals surface area contributed by atoms with Gasteiger partial charge in [0.2, 0.25) is 0 Å². The third-order valence-electron chi connectivity index (χ3n) is 1.80. The van der Waals surface area contributed by atoms with Crippen molar-refractivity contribution in [1.29, 1.82) is 0 Å². The largest absolute Gasteiger partial charge is 0.464 e. The van der Waals surface area contributed by atoms with Crippen molar-refractivity contribution in [3.05, 3.63) is 42.2 Å². The van der Waals surface area contributed by atoms with Gasteiger partial charge in [0.15, 0.2) is 0 Å². The van der Waals surface area contributed by atoms with E-state index in [1.165, 1.54) is 7.11 Å². The van der Waals surface area contributed by atoms with E-state index >= 15 is 0 Å². The van der Waals surface area contributed by atoms with Gasteiger partial charge >= 0.3 is 5.97 Å². The molecule has 0 saturated heterocycles. The molecule has 15 heavy (non-hydrogen) atoms. The van der Waals surface area contributed by atoms with Crippen LogP contribution in [0.5, 0.6) is 0 Å². The summed E-state index contributed by atoms with van der Waals surface area (Å²) in [5.74, 6) is -0.472. The molecule has 0 aliphatic carbocycles. The predicted octanol–water partition coefficient (Wildman–Crippen LogP) is 2.88. The normalized spacial score (nSPS) is 9.47. The zero-order valence-corrected chi connectivity index (χ0v) is 9.87. The zero-order valence-electron chi connectivity index (χ0n) is 8.29. The number of hydrogen-bond acceptors (Lipinski definition) is 3. The third-order valence-corrected chi connectivity index (χ3v) is 2.17. The van der Waals surface area contributed by atoms with Gasteiger partial charge in [-0.1, -0.05) is 25.3 Å². The first-order valence-corrected chi connectivity index (χ1v) is 4.96. The van der Waals surface area contributed by atoms with Crippen LogP contribution in [0.2, 0.25) is 0 Å². The Balaban J connectivity index is 3.27. The molecule has 1 heterocycles. The van der Waals surface area contributed by atoms with Crippen molar-refractivity contribution in [2.75, 3.05) is 7.11 Å². The Bertz CT molecular complexity index is 427. The fourth-order valence-corrected chi connectivity index (χ4v) is 1.39. The van der Waals surface area contributed by atoms with Crippen LogP contribution in [0.3, 0.4) is 0 Å². The molecular formula is C11H10BrNO2. The first kappa shape index (κ1) is 11.7. The summed E-state index contributed by atoms with van der Waals surface area (Å²) in [5.41, 5.74) is 1.65. The van der Waals surface area contributed by atoms with Gasteiger partial charge < -0.3 is 4.74 Å². The minimum absolute atomic E-state index is 0.249. The van der Waals surface area contributed by atoms with Crippen LogP contribution in [-0.2, 0) is 4.74 Å². The molecule has 0 amide bonds. The average Bonchev–Trinajstić information content (AvgIpc) is 2.27. The van der Waals surface area contributed by atoms with Gasteiger partial charge in [0.25, 0.3) is 0 Å². The van der Waals surface area contributed by atoms with Crippen molar-refractivity contribution in [1.82, 2.24) is 4.98 Å². The van der Waals surface area contributed by atoms with Crippen LogP contribution in [0.1, 0.15) is 21.7 Å². The number of pyridine rings is 1. The van der Waals surface area contributed by atoms with Gasteiger partial charge in [-0.2, -0.15) is 0 Å². The van der Waals surface area contributed by atoms with E-state index < -0.39 is 5.97 Å². The summed E-state index contributed by atoms with van der Waals surface area (Å²) in [7, 11) is 1.31. The maximum Gasteiger partial charge on any atom is 0.356 e. The van der Waals surface area contributed by atoms with Crippen LogP contribution in [0, 0.1) is 0 Å². The minimum Gasteiger partial charge on any atom is -0.464 e. The fraction of sp³-hybridized carbons (Fsp3) is 0.0909. The lowest BCUT2D eigenvalue weighted by molar-refractivity contribution is 0.0594. The van der Waals surface area contributed by atoms with E-state index in [4.69, 9.17) is 0 Å². The molecule has 0 spiro atoms. The van der Waals surface area contributed by atoms with Crippen molar-refractivity contribution >= 4 is 32.5 Å². The Morgan fingerprint density at radius 3 is 2.73 bits per heavy atom. The highest BCUT2D eigenvalue weighted by atomic mass is 79.9. The predicted molar refractivity (Wildman–Crippen MR) is 63.6 cm³/mol. The smallest absolute Gasteiger partial charge is 0.356 e. The van der Waals surface area contributed by atoms with Crippen molar-refractivity contribution < 1.29 is 9.53 Å². The quantitative estimate of drug-likeness (QED) is 0.791. The summed E-state index contributed by atoms with van der Waals surface area (Å²) >= 11 is 3.22. The van der Waals surface area contributed by atoms with Crippen molar-refractivity contribution in [3.63, 3.8) is 0 Å². The highest BCUT2D eigenvalue weighted by Crippen LogP contribution is 2.22. The molecule has 78 valence electrons. The number of methoxy groups -OCH3 is 1. The van der Waals surface area contributed by atoms with Gasteiger partial charge in [0.1, 0.15) is 5.69 Å². The van der Waals surface area contributed by atoms with Gasteiger partial charge in [-0.05, 0) is 22.0 Å². The van der Waals surface area contributed by atoms with Crippen LogP contribution in [-0.4, -0.2) is 18.1 Å². The molecule has 1 aromatic heterocycles. The molecule has 1 rings (SSSR count). The number of esters is 1. The number of carbonyl (C=O) groups is 1. The lowest BCUT2D eigenvalue weighted by Gasteiger charge is -2.05. The molecule has 1 aromatic rings. The first-order chi connectivity index (χ1) is 7.10. The molecule has 0 aliphatic rings. The molecule has 0 aromatic carbocycles. The van der Waals surface area contributed by atoms with Gasteiger partial charge in [-0.25, -0.2) is 9.78 Å². The molecule has 0 atom stereocenters. The summed E-state index contributed by atoms with van der Waals surface area (Å²) in [5, 5.41) is 0. The third kappa shape index (κ3) is 2.53. The Kier molecular flexibility index (Phi) is 3.80. The van der Waals surface area contributed by atoms with E-state index in [-0.39, 0.29) is 5.69 Å². The fourth-order valence-electron chi connectivity index (χ4n) is 1.07. The van der Waals surface area contributed by atoms with Crippen molar-refractivity contribution in [2.24, 2.45) is 0 Å². The van der Waals surface area contributed by atoms with E-state index in [0.29, 0.717) is 10.2 Å². The van der Waals surface area contributed by atoms with E-state index in [0.717, 1.165) is 5.56 Å². The number of carbonyl (C=O) groups excluding carboxylic acids is 1. The Morgan fingerprint density at radius 1 is 1.60 bits per heavy atom. The first-order valence-electron chi connectivity index (χ1n) is 4.16. The van der Waals surface area contributed by atoms with E-state index in [9.17, 15) is 4.79 Å². The standard InChI is InChI=1S/C11H10BrNO2/c1-4-8-5-6-9(11(14)15-3)13-10(8)7(2)12/h4-6H,1-2H2,3H3. The van der Waals surface area contributed by atoms with Crippen molar-refractivity contribution in [3.8, 4) is 0 Å². The molecule has 4 heteroatoms. The Hall–Kier alpha value is -1.42. The van der Waals surface area contributed by atoms with Crippen LogP contribution in [0.25, 0.3) is 10.6 Å². The van der Waals surface area contributed by atoms with Crippen LogP contribution in [0.4, 0.5) is 0 Å². The summed E-state index contributed by atoms with van der Waals surface area (Å²) in [4.78, 5) is 15.4. The summed E-state index contributed by atoms with van der Waals surface area (Å²) in [6.07, 6.45) is 1.65. The molecule has 0 fully saturated rings. The highest BCUT2D eigenvalue weighted by molar-refractivity contribution is 9.15. The number of rotatable bonds is 3. The maximum absolute atomic E-state index is 11.2. The van der Waals surface area contributed by atoms with Crippen LogP contribution >= 0.6 is 15.9 Å². The highest BCUT2D eigenvalue weighted by Gasteiger charge is 2.11. The molecule has 0 unspecified atom stereocenters. The number of aromatic nitrogens is 1. The summed E-state index contributed by atoms with van der Waals surface area (Å²) < 4.78 is 5.17. The van der Waals surface area contributed by atoms with Gasteiger partial charge in [0.05, 0.1) is 12.8 Å². The lowest BCUT2D eigenvalue weighted by atomic mass is 10.1. The molecule has 3 nitrogen and oxygen atoms in total. The number of hydrogen-bond donors (Lipinski definition) is 0. The molecule has 0 saturated carbocycles. The molecular weight excluding hydrogens is 258 g/mol. The molecule has 0 aliphatic heterocycles. The van der Waals surface area contributed by atoms with E-state index in [2.05, 4.69) is 38.8 Å². The number of halogens is 1. The van der Waals surface area contributed by atoms with E-state index in [1.54, 1.807) is 18.2 Å². The topological polar surface area (TPSA) is 39.2 Å². The zero-order chi connectivity index (χ0) is 11.4. The van der Waals surface area contributed by atoms with Gasteiger partial charge in [-0.3, -0.25) is 0 Å². The minimum atomic E-state index is -0.472. The van der Waals surface area contributed by atoms with Crippen LogP contribution in [0.15, 0.2) is 25.3 Å².